The first-order valence-electron chi connectivity index (χ1n) is 6.33. The van der Waals surface area contributed by atoms with Crippen LogP contribution in [0.4, 0.5) is 0 Å². The molecular formula is C15H23NO. The van der Waals surface area contributed by atoms with E-state index in [0.717, 1.165) is 24.4 Å². The zero-order valence-corrected chi connectivity index (χ0v) is 11.1. The summed E-state index contributed by atoms with van der Waals surface area (Å²) in [6.45, 7) is 9.08. The van der Waals surface area contributed by atoms with Crippen molar-refractivity contribution >= 4 is 6.08 Å². The van der Waals surface area contributed by atoms with Crippen LogP contribution in [0.5, 0.6) is 5.75 Å². The van der Waals surface area contributed by atoms with Gasteiger partial charge in [-0.3, -0.25) is 0 Å². The van der Waals surface area contributed by atoms with Gasteiger partial charge in [0.05, 0.1) is 6.61 Å². The van der Waals surface area contributed by atoms with Crippen LogP contribution >= 0.6 is 0 Å². The Balaban J connectivity index is 2.46. The molecule has 1 N–H and O–H groups in total. The van der Waals surface area contributed by atoms with Crippen molar-refractivity contribution in [2.45, 2.75) is 20.8 Å². The number of ether oxygens (including phenoxy) is 1. The van der Waals surface area contributed by atoms with Crippen LogP contribution in [0.1, 0.15) is 26.3 Å². The van der Waals surface area contributed by atoms with Crippen molar-refractivity contribution in [2.24, 2.45) is 5.92 Å². The minimum absolute atomic E-state index is 0.694. The molecule has 1 aromatic rings. The van der Waals surface area contributed by atoms with Gasteiger partial charge in [-0.15, -0.1) is 0 Å². The summed E-state index contributed by atoms with van der Waals surface area (Å²) in [5.41, 5.74) is 1.14. The van der Waals surface area contributed by atoms with Crippen molar-refractivity contribution in [1.29, 1.82) is 0 Å². The standard InChI is InChI=1S/C15H23NO/c1-4-17-15-10-6-5-8-14(15)9-7-11-16-12-13(2)3/h5-10,13,16H,4,11-12H2,1-3H3. The molecule has 0 fully saturated rings. The van der Waals surface area contributed by atoms with Crippen LogP contribution in [0.3, 0.4) is 0 Å². The van der Waals surface area contributed by atoms with Gasteiger partial charge in [-0.2, -0.15) is 0 Å². The van der Waals surface area contributed by atoms with E-state index >= 15 is 0 Å². The van der Waals surface area contributed by atoms with Gasteiger partial charge in [-0.05, 0) is 25.5 Å². The highest BCUT2D eigenvalue weighted by Gasteiger charge is 1.97. The number of para-hydroxylation sites is 1. The zero-order valence-electron chi connectivity index (χ0n) is 11.1. The van der Waals surface area contributed by atoms with E-state index in [0.29, 0.717) is 12.5 Å². The monoisotopic (exact) mass is 233 g/mol. The smallest absolute Gasteiger partial charge is 0.126 e. The summed E-state index contributed by atoms with van der Waals surface area (Å²) in [5.74, 6) is 1.65. The molecule has 0 bridgehead atoms. The normalized spacial score (nSPS) is 11.3. The number of benzene rings is 1. The van der Waals surface area contributed by atoms with Crippen LogP contribution in [0, 0.1) is 5.92 Å². The second kappa shape index (κ2) is 7.91. The SMILES string of the molecule is CCOc1ccccc1C=CCNCC(C)C. The van der Waals surface area contributed by atoms with Gasteiger partial charge < -0.3 is 10.1 Å². The molecule has 0 aliphatic rings. The van der Waals surface area contributed by atoms with Gasteiger partial charge in [0.2, 0.25) is 0 Å². The van der Waals surface area contributed by atoms with Gasteiger partial charge in [0.25, 0.3) is 0 Å². The Hall–Kier alpha value is -1.28. The van der Waals surface area contributed by atoms with Crippen molar-refractivity contribution < 1.29 is 4.74 Å². The third-order valence-corrected chi connectivity index (χ3v) is 2.33. The predicted molar refractivity (Wildman–Crippen MR) is 74.4 cm³/mol. The number of hydrogen-bond donors (Lipinski definition) is 1. The van der Waals surface area contributed by atoms with Crippen molar-refractivity contribution in [2.75, 3.05) is 19.7 Å². The quantitative estimate of drug-likeness (QED) is 0.729. The molecule has 0 aliphatic carbocycles. The molecule has 0 saturated carbocycles. The van der Waals surface area contributed by atoms with Crippen LogP contribution < -0.4 is 10.1 Å². The largest absolute Gasteiger partial charge is 0.493 e. The molecule has 0 aromatic heterocycles. The molecule has 0 saturated heterocycles. The van der Waals surface area contributed by atoms with Crippen molar-refractivity contribution in [3.8, 4) is 5.75 Å². The number of nitrogens with one attached hydrogen (secondary N) is 1. The number of rotatable bonds is 7. The maximum absolute atomic E-state index is 5.56. The number of hydrogen-bond acceptors (Lipinski definition) is 2. The molecule has 94 valence electrons. The van der Waals surface area contributed by atoms with Gasteiger partial charge in [0.15, 0.2) is 0 Å². The minimum atomic E-state index is 0.694. The first kappa shape index (κ1) is 13.8. The molecule has 1 aromatic carbocycles. The molecule has 0 unspecified atom stereocenters. The molecule has 2 nitrogen and oxygen atoms in total. The van der Waals surface area contributed by atoms with E-state index in [1.54, 1.807) is 0 Å². The second-order valence-corrected chi connectivity index (χ2v) is 4.43. The summed E-state index contributed by atoms with van der Waals surface area (Å²) in [5, 5.41) is 3.38. The summed E-state index contributed by atoms with van der Waals surface area (Å²) in [4.78, 5) is 0. The third-order valence-electron chi connectivity index (χ3n) is 2.33. The molecule has 0 amide bonds. The Kier molecular flexibility index (Phi) is 6.41. The topological polar surface area (TPSA) is 21.3 Å². The molecule has 0 radical (unpaired) electrons. The van der Waals surface area contributed by atoms with Crippen molar-refractivity contribution in [3.05, 3.63) is 35.9 Å². The lowest BCUT2D eigenvalue weighted by Crippen LogP contribution is -2.19. The average Bonchev–Trinajstić information content (AvgIpc) is 2.31. The average molecular weight is 233 g/mol. The maximum Gasteiger partial charge on any atom is 0.126 e. The molecule has 2 heteroatoms. The highest BCUT2D eigenvalue weighted by Crippen LogP contribution is 2.18. The van der Waals surface area contributed by atoms with Crippen molar-refractivity contribution in [1.82, 2.24) is 5.32 Å². The summed E-state index contributed by atoms with van der Waals surface area (Å²) in [6, 6.07) is 8.11. The lowest BCUT2D eigenvalue weighted by Gasteiger charge is -2.07. The van der Waals surface area contributed by atoms with Gasteiger partial charge in [0, 0.05) is 12.1 Å². The van der Waals surface area contributed by atoms with Crippen LogP contribution in [-0.2, 0) is 0 Å². The van der Waals surface area contributed by atoms with Crippen molar-refractivity contribution in [3.63, 3.8) is 0 Å². The van der Waals surface area contributed by atoms with E-state index in [4.69, 9.17) is 4.74 Å². The molecule has 0 aliphatic heterocycles. The Morgan fingerprint density at radius 1 is 1.29 bits per heavy atom. The summed E-state index contributed by atoms with van der Waals surface area (Å²) in [7, 11) is 0. The van der Waals surface area contributed by atoms with Gasteiger partial charge >= 0.3 is 0 Å². The first-order chi connectivity index (χ1) is 8.24. The van der Waals surface area contributed by atoms with Crippen LogP contribution in [0.25, 0.3) is 6.08 Å². The van der Waals surface area contributed by atoms with Gasteiger partial charge in [0.1, 0.15) is 5.75 Å². The van der Waals surface area contributed by atoms with Crippen LogP contribution in [0.15, 0.2) is 30.3 Å². The summed E-state index contributed by atoms with van der Waals surface area (Å²) in [6.07, 6.45) is 4.25. The predicted octanol–water partition coefficient (Wildman–Crippen LogP) is 3.34. The molecule has 1 rings (SSSR count). The summed E-state index contributed by atoms with van der Waals surface area (Å²) >= 11 is 0. The van der Waals surface area contributed by atoms with E-state index in [9.17, 15) is 0 Å². The Bertz CT molecular complexity index is 345. The Morgan fingerprint density at radius 3 is 2.76 bits per heavy atom. The Morgan fingerprint density at radius 2 is 2.06 bits per heavy atom. The second-order valence-electron chi connectivity index (χ2n) is 4.43. The minimum Gasteiger partial charge on any atom is -0.493 e. The van der Waals surface area contributed by atoms with Crippen LogP contribution in [0.2, 0.25) is 0 Å². The molecule has 0 atom stereocenters. The molecule has 0 spiro atoms. The van der Waals surface area contributed by atoms with Crippen LogP contribution in [-0.4, -0.2) is 19.7 Å². The molecule has 0 heterocycles. The lowest BCUT2D eigenvalue weighted by atomic mass is 10.2. The molecule has 17 heavy (non-hydrogen) atoms. The lowest BCUT2D eigenvalue weighted by molar-refractivity contribution is 0.339. The van der Waals surface area contributed by atoms with E-state index < -0.39 is 0 Å². The fraction of sp³-hybridized carbons (Fsp3) is 0.467. The highest BCUT2D eigenvalue weighted by molar-refractivity contribution is 5.57. The maximum atomic E-state index is 5.56. The van der Waals surface area contributed by atoms with Gasteiger partial charge in [-0.25, -0.2) is 0 Å². The van der Waals surface area contributed by atoms with E-state index in [2.05, 4.69) is 37.4 Å². The summed E-state index contributed by atoms with van der Waals surface area (Å²) < 4.78 is 5.56. The highest BCUT2D eigenvalue weighted by atomic mass is 16.5. The fourth-order valence-electron chi connectivity index (χ4n) is 1.55. The fourth-order valence-corrected chi connectivity index (χ4v) is 1.55. The molecular weight excluding hydrogens is 210 g/mol. The van der Waals surface area contributed by atoms with E-state index in [1.807, 2.05) is 25.1 Å². The third kappa shape index (κ3) is 5.55. The van der Waals surface area contributed by atoms with E-state index in [-0.39, 0.29) is 0 Å². The first-order valence-corrected chi connectivity index (χ1v) is 6.33. The Labute approximate surface area is 105 Å². The zero-order chi connectivity index (χ0) is 12.5. The van der Waals surface area contributed by atoms with Gasteiger partial charge in [-0.1, -0.05) is 44.2 Å². The van der Waals surface area contributed by atoms with E-state index in [1.165, 1.54) is 0 Å².